The molecule has 0 saturated heterocycles. The standard InChI is InChI=1S/C67H55NS/c1-66(2)62-24-16-15-23-58(62)59-40-36-55(44-64(59)66)68(54-34-29-48(30-35-54)49-31-38-57(39-32-49)69(3,4)5)56-37-41-60-61-43-51(50-27-25-47(26-28-50)46-17-9-6-10-18-46)33-42-63(61)67(65(60)45-56,52-19-11-7-12-20-52)53-21-13-8-14-22-53/h6-45H,1-5H3. The van der Waals surface area contributed by atoms with E-state index in [2.05, 4.69) is 280 Å². The minimum absolute atomic E-state index is 0.146. The van der Waals surface area contributed by atoms with E-state index in [-0.39, 0.29) is 5.41 Å². The van der Waals surface area contributed by atoms with Crippen LogP contribution in [0.15, 0.2) is 248 Å². The van der Waals surface area contributed by atoms with E-state index >= 15 is 0 Å². The summed E-state index contributed by atoms with van der Waals surface area (Å²) in [5, 5.41) is 0. The summed E-state index contributed by atoms with van der Waals surface area (Å²) in [5.74, 6) is 0. The maximum Gasteiger partial charge on any atom is 0.0714 e. The van der Waals surface area contributed by atoms with Crippen molar-refractivity contribution in [1.82, 2.24) is 0 Å². The van der Waals surface area contributed by atoms with Gasteiger partial charge in [0.1, 0.15) is 0 Å². The van der Waals surface area contributed by atoms with E-state index in [1.165, 1.54) is 93.9 Å². The summed E-state index contributed by atoms with van der Waals surface area (Å²) in [5.41, 5.74) is 22.9. The Hall–Kier alpha value is -7.65. The third-order valence-electron chi connectivity index (χ3n) is 15.0. The largest absolute Gasteiger partial charge is 0.310 e. The molecule has 69 heavy (non-hydrogen) atoms. The van der Waals surface area contributed by atoms with Crippen LogP contribution in [-0.2, 0) is 10.8 Å². The molecule has 0 N–H and O–H groups in total. The molecule has 0 unspecified atom stereocenters. The van der Waals surface area contributed by atoms with Crippen molar-refractivity contribution in [2.75, 3.05) is 23.7 Å². The zero-order chi connectivity index (χ0) is 46.9. The second kappa shape index (κ2) is 16.5. The second-order valence-corrected chi connectivity index (χ2v) is 24.2. The zero-order valence-corrected chi connectivity index (χ0v) is 40.8. The molecule has 10 aromatic rings. The van der Waals surface area contributed by atoms with Crippen LogP contribution in [0.1, 0.15) is 47.2 Å². The number of anilines is 3. The smallest absolute Gasteiger partial charge is 0.0714 e. The average Bonchev–Trinajstić information content (AvgIpc) is 3.81. The Kier molecular flexibility index (Phi) is 10.2. The van der Waals surface area contributed by atoms with Crippen LogP contribution in [0.2, 0.25) is 0 Å². The molecule has 12 rings (SSSR count). The fraction of sp³-hybridized carbons (Fsp3) is 0.104. The molecule has 2 aliphatic rings. The Morgan fingerprint density at radius 1 is 0.304 bits per heavy atom. The highest BCUT2D eigenvalue weighted by Crippen LogP contribution is 2.58. The molecule has 0 atom stereocenters. The summed E-state index contributed by atoms with van der Waals surface area (Å²) < 4.78 is 0. The fourth-order valence-corrected chi connectivity index (χ4v) is 12.4. The van der Waals surface area contributed by atoms with Crippen molar-refractivity contribution < 1.29 is 0 Å². The lowest BCUT2D eigenvalue weighted by Gasteiger charge is -2.35. The highest BCUT2D eigenvalue weighted by Gasteiger charge is 2.46. The molecule has 0 aliphatic heterocycles. The summed E-state index contributed by atoms with van der Waals surface area (Å²) >= 11 is 0. The SMILES string of the molecule is CC1(C)c2ccccc2-c2ccc(N(c3ccc(-c4ccc(S(C)(C)C)cc4)cc3)c3ccc4c(c3)C(c3ccccc3)(c3ccccc3)c3ccc(-c5ccc(-c6ccccc6)cc5)cc3-4)cc21. The Balaban J connectivity index is 1.05. The molecule has 10 aromatic carbocycles. The van der Waals surface area contributed by atoms with Gasteiger partial charge in [-0.15, -0.1) is 0 Å². The first-order valence-electron chi connectivity index (χ1n) is 24.1. The first kappa shape index (κ1) is 42.7. The Morgan fingerprint density at radius 3 is 1.30 bits per heavy atom. The molecule has 0 fully saturated rings. The zero-order valence-electron chi connectivity index (χ0n) is 39.9. The predicted molar refractivity (Wildman–Crippen MR) is 296 cm³/mol. The van der Waals surface area contributed by atoms with E-state index in [9.17, 15) is 0 Å². The normalized spacial score (nSPS) is 14.0. The molecule has 2 heteroatoms. The van der Waals surface area contributed by atoms with Gasteiger partial charge in [0.25, 0.3) is 0 Å². The van der Waals surface area contributed by atoms with Crippen LogP contribution in [0.25, 0.3) is 55.6 Å². The molecule has 0 bridgehead atoms. The number of benzene rings is 10. The predicted octanol–water partition coefficient (Wildman–Crippen LogP) is 17.9. The van der Waals surface area contributed by atoms with Crippen LogP contribution >= 0.6 is 10.0 Å². The number of hydrogen-bond acceptors (Lipinski definition) is 1. The van der Waals surface area contributed by atoms with Gasteiger partial charge in [-0.2, -0.15) is 0 Å². The topological polar surface area (TPSA) is 3.24 Å². The van der Waals surface area contributed by atoms with Crippen LogP contribution in [0.5, 0.6) is 0 Å². The fourth-order valence-electron chi connectivity index (χ4n) is 11.4. The highest BCUT2D eigenvalue weighted by molar-refractivity contribution is 8.32. The molecular weight excluding hydrogens is 851 g/mol. The van der Waals surface area contributed by atoms with Gasteiger partial charge in [-0.25, -0.2) is 10.0 Å². The monoisotopic (exact) mass is 905 g/mol. The average molecular weight is 906 g/mol. The van der Waals surface area contributed by atoms with Gasteiger partial charge in [0, 0.05) is 22.5 Å². The van der Waals surface area contributed by atoms with E-state index in [1.54, 1.807) is 0 Å². The number of hydrogen-bond donors (Lipinski definition) is 0. The minimum atomic E-state index is -0.809. The lowest BCUT2D eigenvalue weighted by atomic mass is 9.67. The van der Waals surface area contributed by atoms with Gasteiger partial charge < -0.3 is 4.90 Å². The van der Waals surface area contributed by atoms with Gasteiger partial charge in [0.05, 0.1) is 5.41 Å². The molecule has 0 saturated carbocycles. The molecule has 0 amide bonds. The Bertz CT molecular complexity index is 3470. The number of nitrogens with zero attached hydrogens (tertiary/aromatic N) is 1. The van der Waals surface area contributed by atoms with E-state index in [4.69, 9.17) is 0 Å². The molecule has 0 heterocycles. The third-order valence-corrected chi connectivity index (χ3v) is 16.6. The molecular formula is C67H55NS. The second-order valence-electron chi connectivity index (χ2n) is 20.1. The molecule has 1 nitrogen and oxygen atoms in total. The quantitative estimate of drug-likeness (QED) is 0.139. The summed E-state index contributed by atoms with van der Waals surface area (Å²) in [6.07, 6.45) is 7.07. The van der Waals surface area contributed by atoms with E-state index < -0.39 is 15.4 Å². The van der Waals surface area contributed by atoms with Crippen LogP contribution in [-0.4, -0.2) is 18.8 Å². The van der Waals surface area contributed by atoms with Crippen molar-refractivity contribution >= 4 is 27.1 Å². The van der Waals surface area contributed by atoms with E-state index in [1.807, 2.05) is 0 Å². The summed E-state index contributed by atoms with van der Waals surface area (Å²) in [6.45, 7) is 4.75. The van der Waals surface area contributed by atoms with Crippen LogP contribution in [0, 0.1) is 0 Å². The highest BCUT2D eigenvalue weighted by atomic mass is 32.3. The van der Waals surface area contributed by atoms with Gasteiger partial charge in [0.15, 0.2) is 0 Å². The summed E-state index contributed by atoms with van der Waals surface area (Å²) in [7, 11) is -0.809. The van der Waals surface area contributed by atoms with Crippen molar-refractivity contribution in [3.05, 3.63) is 276 Å². The van der Waals surface area contributed by atoms with Crippen LogP contribution < -0.4 is 4.90 Å². The number of rotatable bonds is 9. The maximum absolute atomic E-state index is 2.50. The lowest BCUT2D eigenvalue weighted by Crippen LogP contribution is -2.28. The summed E-state index contributed by atoms with van der Waals surface area (Å²) in [4.78, 5) is 3.91. The van der Waals surface area contributed by atoms with Gasteiger partial charge in [0.2, 0.25) is 0 Å². The van der Waals surface area contributed by atoms with Gasteiger partial charge >= 0.3 is 0 Å². The first-order valence-corrected chi connectivity index (χ1v) is 26.9. The van der Waals surface area contributed by atoms with Crippen LogP contribution in [0.3, 0.4) is 0 Å². The third kappa shape index (κ3) is 7.08. The van der Waals surface area contributed by atoms with Crippen molar-refractivity contribution in [2.24, 2.45) is 0 Å². The number of fused-ring (bicyclic) bond motifs is 6. The summed E-state index contributed by atoms with van der Waals surface area (Å²) in [6, 6.07) is 90.9. The van der Waals surface area contributed by atoms with Crippen molar-refractivity contribution in [2.45, 2.75) is 29.6 Å². The molecule has 2 aliphatic carbocycles. The lowest BCUT2D eigenvalue weighted by molar-refractivity contribution is 0.660. The molecule has 0 spiro atoms. The van der Waals surface area contributed by atoms with E-state index in [0.717, 1.165) is 17.1 Å². The molecule has 334 valence electrons. The van der Waals surface area contributed by atoms with E-state index in [0.29, 0.717) is 0 Å². The molecule has 0 radical (unpaired) electrons. The van der Waals surface area contributed by atoms with Crippen LogP contribution in [0.4, 0.5) is 17.1 Å². The van der Waals surface area contributed by atoms with Gasteiger partial charge in [-0.3, -0.25) is 0 Å². The minimum Gasteiger partial charge on any atom is -0.310 e. The van der Waals surface area contributed by atoms with Crippen molar-refractivity contribution in [1.29, 1.82) is 0 Å². The first-order chi connectivity index (χ1) is 33.6. The van der Waals surface area contributed by atoms with Crippen molar-refractivity contribution in [3.63, 3.8) is 0 Å². The van der Waals surface area contributed by atoms with Gasteiger partial charge in [-0.1, -0.05) is 202 Å². The molecule has 0 aromatic heterocycles. The Morgan fingerprint density at radius 2 is 0.725 bits per heavy atom. The van der Waals surface area contributed by atoms with Gasteiger partial charge in [-0.05, 0) is 167 Å². The van der Waals surface area contributed by atoms with Crippen molar-refractivity contribution in [3.8, 4) is 55.6 Å². The Labute approximate surface area is 409 Å². The maximum atomic E-state index is 2.50.